The molecule has 0 unspecified atom stereocenters. The van der Waals surface area contributed by atoms with Crippen molar-refractivity contribution in [2.75, 3.05) is 13.6 Å². The van der Waals surface area contributed by atoms with E-state index in [-0.39, 0.29) is 0 Å². The summed E-state index contributed by atoms with van der Waals surface area (Å²) in [5, 5.41) is 0. The van der Waals surface area contributed by atoms with E-state index in [0.717, 1.165) is 17.9 Å². The molecule has 10 heavy (non-hydrogen) atoms. The van der Waals surface area contributed by atoms with Gasteiger partial charge in [-0.05, 0) is 25.3 Å². The molecule has 4 atom stereocenters. The maximum atomic E-state index is 5.87. The van der Waals surface area contributed by atoms with Crippen LogP contribution in [0, 0.1) is 11.8 Å². The number of nitrogens with two attached hydrogens (primary N) is 1. The van der Waals surface area contributed by atoms with E-state index >= 15 is 0 Å². The van der Waals surface area contributed by atoms with Gasteiger partial charge in [0.2, 0.25) is 0 Å². The largest absolute Gasteiger partial charge is 0.327 e. The number of hydrogen-bond acceptors (Lipinski definition) is 2. The first-order valence-corrected chi connectivity index (χ1v) is 4.21. The Labute approximate surface area is 62.4 Å². The summed E-state index contributed by atoms with van der Waals surface area (Å²) < 4.78 is 0. The van der Waals surface area contributed by atoms with Gasteiger partial charge in [0.15, 0.2) is 0 Å². The predicted molar refractivity (Wildman–Crippen MR) is 41.7 cm³/mol. The summed E-state index contributed by atoms with van der Waals surface area (Å²) in [6.45, 7) is 3.50. The summed E-state index contributed by atoms with van der Waals surface area (Å²) in [4.78, 5) is 2.46. The maximum absolute atomic E-state index is 5.87. The Morgan fingerprint density at radius 1 is 1.60 bits per heavy atom. The topological polar surface area (TPSA) is 29.3 Å². The molecule has 2 aliphatic rings. The van der Waals surface area contributed by atoms with E-state index in [4.69, 9.17) is 5.73 Å². The van der Waals surface area contributed by atoms with Crippen LogP contribution in [-0.4, -0.2) is 30.6 Å². The van der Waals surface area contributed by atoms with Crippen LogP contribution in [0.5, 0.6) is 0 Å². The molecule has 0 radical (unpaired) electrons. The van der Waals surface area contributed by atoms with E-state index in [2.05, 4.69) is 18.9 Å². The molecule has 2 heteroatoms. The summed E-state index contributed by atoms with van der Waals surface area (Å²) >= 11 is 0. The fourth-order valence-electron chi connectivity index (χ4n) is 2.56. The minimum atomic E-state index is 0.543. The van der Waals surface area contributed by atoms with E-state index < -0.39 is 0 Å². The lowest BCUT2D eigenvalue weighted by Gasteiger charge is -2.22. The zero-order valence-corrected chi connectivity index (χ0v) is 6.75. The molecule has 2 rings (SSSR count). The normalized spacial score (nSPS) is 53.1. The predicted octanol–water partition coefficient (Wildman–Crippen LogP) is 0.284. The van der Waals surface area contributed by atoms with Crippen LogP contribution in [0.4, 0.5) is 0 Å². The zero-order chi connectivity index (χ0) is 7.30. The van der Waals surface area contributed by atoms with Crippen LogP contribution >= 0.6 is 0 Å². The molecule has 1 aliphatic heterocycles. The van der Waals surface area contributed by atoms with E-state index in [1.54, 1.807) is 0 Å². The zero-order valence-electron chi connectivity index (χ0n) is 6.75. The van der Waals surface area contributed by atoms with Gasteiger partial charge in [-0.15, -0.1) is 0 Å². The van der Waals surface area contributed by atoms with Gasteiger partial charge < -0.3 is 10.6 Å². The molecule has 0 amide bonds. The number of nitrogens with zero attached hydrogens (tertiary/aromatic N) is 1. The van der Waals surface area contributed by atoms with Crippen LogP contribution in [0.3, 0.4) is 0 Å². The Balaban J connectivity index is 2.04. The lowest BCUT2D eigenvalue weighted by Crippen LogP contribution is -2.33. The number of hydrogen-bond donors (Lipinski definition) is 1. The second-order valence-corrected chi connectivity index (χ2v) is 3.73. The molecule has 0 aromatic carbocycles. The van der Waals surface area contributed by atoms with Gasteiger partial charge in [-0.3, -0.25) is 0 Å². The standard InChI is InChI=1S/C8H16N2/c1-3-6-7-5(8(7)9)4-10(6)2/h5-8H,3-4,9H2,1-2H3/t5-,6+,7-,8+/m1/s1. The van der Waals surface area contributed by atoms with E-state index in [1.165, 1.54) is 13.0 Å². The minimum absolute atomic E-state index is 0.543. The second-order valence-electron chi connectivity index (χ2n) is 3.73. The summed E-state index contributed by atoms with van der Waals surface area (Å²) in [5.41, 5.74) is 5.87. The van der Waals surface area contributed by atoms with Crippen LogP contribution in [0.2, 0.25) is 0 Å². The van der Waals surface area contributed by atoms with Gasteiger partial charge in [0.1, 0.15) is 0 Å². The Kier molecular flexibility index (Phi) is 1.29. The number of rotatable bonds is 1. The molecule has 58 valence electrons. The molecule has 0 spiro atoms. The Morgan fingerprint density at radius 3 is 2.70 bits per heavy atom. The molecule has 0 bridgehead atoms. The van der Waals surface area contributed by atoms with Gasteiger partial charge in [-0.2, -0.15) is 0 Å². The van der Waals surface area contributed by atoms with Gasteiger partial charge in [0, 0.05) is 18.6 Å². The smallest absolute Gasteiger partial charge is 0.0137 e. The molecule has 0 aromatic heterocycles. The van der Waals surface area contributed by atoms with Crippen molar-refractivity contribution >= 4 is 0 Å². The summed E-state index contributed by atoms with van der Waals surface area (Å²) in [7, 11) is 2.22. The molecular weight excluding hydrogens is 124 g/mol. The van der Waals surface area contributed by atoms with Crippen LogP contribution in [0.25, 0.3) is 0 Å². The van der Waals surface area contributed by atoms with Crippen molar-refractivity contribution in [3.05, 3.63) is 0 Å². The molecule has 2 N–H and O–H groups in total. The highest BCUT2D eigenvalue weighted by Gasteiger charge is 2.57. The molecule has 1 aliphatic carbocycles. The highest BCUT2D eigenvalue weighted by Crippen LogP contribution is 2.48. The molecule has 2 nitrogen and oxygen atoms in total. The molecule has 0 aromatic rings. The molecule has 1 saturated heterocycles. The SMILES string of the molecule is CC[C@H]1[C@@H]2[C@@H](N)[C@@H]2CN1C. The van der Waals surface area contributed by atoms with Gasteiger partial charge >= 0.3 is 0 Å². The van der Waals surface area contributed by atoms with E-state index in [1.807, 2.05) is 0 Å². The average Bonchev–Trinajstić information content (AvgIpc) is 2.45. The van der Waals surface area contributed by atoms with Gasteiger partial charge in [-0.25, -0.2) is 0 Å². The van der Waals surface area contributed by atoms with Crippen molar-refractivity contribution in [1.29, 1.82) is 0 Å². The molecule has 1 saturated carbocycles. The van der Waals surface area contributed by atoms with Crippen LogP contribution in [0.15, 0.2) is 0 Å². The van der Waals surface area contributed by atoms with Crippen molar-refractivity contribution in [1.82, 2.24) is 4.90 Å². The second kappa shape index (κ2) is 1.95. The van der Waals surface area contributed by atoms with Crippen molar-refractivity contribution in [2.24, 2.45) is 17.6 Å². The minimum Gasteiger partial charge on any atom is -0.327 e. The Hall–Kier alpha value is -0.0800. The Morgan fingerprint density at radius 2 is 2.30 bits per heavy atom. The first-order chi connectivity index (χ1) is 4.75. The summed E-state index contributed by atoms with van der Waals surface area (Å²) in [6.07, 6.45) is 1.27. The monoisotopic (exact) mass is 140 g/mol. The van der Waals surface area contributed by atoms with Crippen LogP contribution in [-0.2, 0) is 0 Å². The summed E-state index contributed by atoms with van der Waals surface area (Å²) in [6, 6.07) is 1.33. The van der Waals surface area contributed by atoms with Crippen LogP contribution < -0.4 is 5.73 Å². The van der Waals surface area contributed by atoms with E-state index in [0.29, 0.717) is 6.04 Å². The van der Waals surface area contributed by atoms with Crippen molar-refractivity contribution in [2.45, 2.75) is 25.4 Å². The van der Waals surface area contributed by atoms with Crippen LogP contribution in [0.1, 0.15) is 13.3 Å². The molecule has 2 fully saturated rings. The maximum Gasteiger partial charge on any atom is 0.0137 e. The van der Waals surface area contributed by atoms with Crippen molar-refractivity contribution in [3.8, 4) is 0 Å². The van der Waals surface area contributed by atoms with Crippen molar-refractivity contribution < 1.29 is 0 Å². The highest BCUT2D eigenvalue weighted by molar-refractivity contribution is 5.12. The van der Waals surface area contributed by atoms with Crippen molar-refractivity contribution in [3.63, 3.8) is 0 Å². The van der Waals surface area contributed by atoms with Gasteiger partial charge in [0.25, 0.3) is 0 Å². The third-order valence-corrected chi connectivity index (χ3v) is 3.22. The van der Waals surface area contributed by atoms with E-state index in [9.17, 15) is 0 Å². The molecule has 1 heterocycles. The number of piperidine rings is 1. The third kappa shape index (κ3) is 0.663. The fourth-order valence-corrected chi connectivity index (χ4v) is 2.56. The summed E-state index contributed by atoms with van der Waals surface area (Å²) in [5.74, 6) is 1.69. The average molecular weight is 140 g/mol. The fraction of sp³-hybridized carbons (Fsp3) is 1.00. The number of likely N-dealkylation sites (tertiary alicyclic amines) is 1. The lowest BCUT2D eigenvalue weighted by atomic mass is 10.1. The van der Waals surface area contributed by atoms with Gasteiger partial charge in [-0.1, -0.05) is 6.92 Å². The Bertz CT molecular complexity index is 146. The molecular formula is C8H16N2. The first-order valence-electron chi connectivity index (χ1n) is 4.21. The quantitative estimate of drug-likeness (QED) is 0.567. The highest BCUT2D eigenvalue weighted by atomic mass is 15.2. The first kappa shape index (κ1) is 6.62. The third-order valence-electron chi connectivity index (χ3n) is 3.22. The number of fused-ring (bicyclic) bond motifs is 1. The lowest BCUT2D eigenvalue weighted by molar-refractivity contribution is 0.255. The van der Waals surface area contributed by atoms with Gasteiger partial charge in [0.05, 0.1) is 0 Å².